The van der Waals surface area contributed by atoms with E-state index < -0.39 is 0 Å². The molecule has 0 radical (unpaired) electrons. The topological polar surface area (TPSA) is 39.4 Å². The Morgan fingerprint density at radius 3 is 2.86 bits per heavy atom. The minimum absolute atomic E-state index is 0.148. The molecule has 0 saturated heterocycles. The molecule has 0 aliphatic carbocycles. The minimum atomic E-state index is -0.278. The lowest BCUT2D eigenvalue weighted by Gasteiger charge is -2.27. The maximum atomic E-state index is 11.8. The number of furan rings is 1. The van der Waals surface area contributed by atoms with Crippen molar-refractivity contribution < 1.29 is 13.9 Å². The van der Waals surface area contributed by atoms with Crippen molar-refractivity contribution in [3.63, 3.8) is 0 Å². The molecule has 1 aliphatic rings. The summed E-state index contributed by atoms with van der Waals surface area (Å²) in [6, 6.07) is 9.20. The summed E-state index contributed by atoms with van der Waals surface area (Å²) in [6.45, 7) is 4.03. The predicted octanol–water partition coefficient (Wildman–Crippen LogP) is 4.36. The summed E-state index contributed by atoms with van der Waals surface area (Å²) in [5.74, 6) is 1.05. The fraction of sp³-hybridized carbons (Fsp3) is 0.167. The summed E-state index contributed by atoms with van der Waals surface area (Å²) >= 11 is 0. The zero-order valence-electron chi connectivity index (χ0n) is 12.0. The van der Waals surface area contributed by atoms with Crippen LogP contribution in [0.15, 0.2) is 53.2 Å². The number of ether oxygens (including phenoxy) is 1. The van der Waals surface area contributed by atoms with Gasteiger partial charge in [0.1, 0.15) is 11.4 Å². The van der Waals surface area contributed by atoms with E-state index in [0.29, 0.717) is 5.76 Å². The lowest BCUT2D eigenvalue weighted by Crippen LogP contribution is -2.27. The number of hydrogen-bond donors (Lipinski definition) is 0. The van der Waals surface area contributed by atoms with Crippen LogP contribution in [-0.4, -0.2) is 11.4 Å². The molecule has 2 heterocycles. The Hall–Kier alpha value is -2.55. The van der Waals surface area contributed by atoms with Crippen LogP contribution in [0.5, 0.6) is 5.75 Å². The van der Waals surface area contributed by atoms with E-state index in [2.05, 4.69) is 0 Å². The van der Waals surface area contributed by atoms with Crippen LogP contribution in [0.3, 0.4) is 0 Å². The number of carbonyl (C=O) groups is 1. The molecule has 3 nitrogen and oxygen atoms in total. The van der Waals surface area contributed by atoms with Gasteiger partial charge < -0.3 is 9.15 Å². The van der Waals surface area contributed by atoms with Crippen LogP contribution in [0.4, 0.5) is 0 Å². The molecule has 0 unspecified atom stereocenters. The first-order valence-electron chi connectivity index (χ1n) is 6.82. The van der Waals surface area contributed by atoms with E-state index in [-0.39, 0.29) is 11.4 Å². The molecule has 1 aromatic carbocycles. The van der Waals surface area contributed by atoms with Gasteiger partial charge in [-0.05, 0) is 55.8 Å². The molecule has 1 aliphatic heterocycles. The molecule has 106 valence electrons. The van der Waals surface area contributed by atoms with Crippen molar-refractivity contribution in [3.05, 3.63) is 65.6 Å². The SMILES string of the molecule is CC1(C)C=Cc2cc(C=CC(=O)c3ccco3)ccc2O1. The molecule has 0 bridgehead atoms. The van der Waals surface area contributed by atoms with Crippen molar-refractivity contribution in [2.75, 3.05) is 0 Å². The third kappa shape index (κ3) is 2.97. The Kier molecular flexibility index (Phi) is 3.26. The Labute approximate surface area is 123 Å². The number of benzene rings is 1. The van der Waals surface area contributed by atoms with Gasteiger partial charge in [0.25, 0.3) is 0 Å². The maximum absolute atomic E-state index is 11.8. The molecule has 3 rings (SSSR count). The van der Waals surface area contributed by atoms with Crippen LogP contribution in [0.2, 0.25) is 0 Å². The summed E-state index contributed by atoms with van der Waals surface area (Å²) in [5.41, 5.74) is 1.68. The standard InChI is InChI=1S/C18H16O3/c1-18(2)10-9-14-12-13(6-8-16(14)21-18)5-7-15(19)17-4-3-11-20-17/h3-12H,1-2H3. The molecule has 21 heavy (non-hydrogen) atoms. The average Bonchev–Trinajstić information content (AvgIpc) is 2.98. The zero-order valence-corrected chi connectivity index (χ0v) is 12.0. The highest BCUT2D eigenvalue weighted by atomic mass is 16.5. The van der Waals surface area contributed by atoms with Gasteiger partial charge in [0, 0.05) is 5.56 Å². The number of ketones is 1. The third-order valence-electron chi connectivity index (χ3n) is 3.26. The van der Waals surface area contributed by atoms with E-state index in [4.69, 9.17) is 9.15 Å². The predicted molar refractivity (Wildman–Crippen MR) is 82.3 cm³/mol. The second-order valence-corrected chi connectivity index (χ2v) is 5.51. The van der Waals surface area contributed by atoms with Gasteiger partial charge >= 0.3 is 0 Å². The summed E-state index contributed by atoms with van der Waals surface area (Å²) in [5, 5.41) is 0. The van der Waals surface area contributed by atoms with Gasteiger partial charge in [-0.25, -0.2) is 0 Å². The van der Waals surface area contributed by atoms with Gasteiger partial charge in [-0.15, -0.1) is 0 Å². The van der Waals surface area contributed by atoms with Gasteiger partial charge in [0.2, 0.25) is 5.78 Å². The smallest absolute Gasteiger partial charge is 0.221 e. The van der Waals surface area contributed by atoms with E-state index in [9.17, 15) is 4.79 Å². The molecular weight excluding hydrogens is 264 g/mol. The van der Waals surface area contributed by atoms with Gasteiger partial charge in [-0.2, -0.15) is 0 Å². The highest BCUT2D eigenvalue weighted by molar-refractivity contribution is 6.04. The second kappa shape index (κ2) is 5.09. The monoisotopic (exact) mass is 280 g/mol. The summed E-state index contributed by atoms with van der Waals surface area (Å²) < 4.78 is 10.9. The van der Waals surface area contributed by atoms with E-state index in [1.807, 2.05) is 44.2 Å². The Balaban J connectivity index is 1.81. The molecule has 2 aromatic rings. The first-order chi connectivity index (χ1) is 10.0. The van der Waals surface area contributed by atoms with Crippen LogP contribution in [0, 0.1) is 0 Å². The number of allylic oxidation sites excluding steroid dienone is 1. The highest BCUT2D eigenvalue weighted by Crippen LogP contribution is 2.31. The molecule has 0 atom stereocenters. The fourth-order valence-electron chi connectivity index (χ4n) is 2.17. The van der Waals surface area contributed by atoms with Crippen molar-refractivity contribution in [1.29, 1.82) is 0 Å². The number of rotatable bonds is 3. The molecule has 0 amide bonds. The molecule has 0 N–H and O–H groups in total. The van der Waals surface area contributed by atoms with Crippen molar-refractivity contribution in [2.45, 2.75) is 19.4 Å². The molecule has 0 fully saturated rings. The minimum Gasteiger partial charge on any atom is -0.483 e. The fourth-order valence-corrected chi connectivity index (χ4v) is 2.17. The van der Waals surface area contributed by atoms with Crippen LogP contribution >= 0.6 is 0 Å². The van der Waals surface area contributed by atoms with Gasteiger partial charge in [-0.3, -0.25) is 4.79 Å². The van der Waals surface area contributed by atoms with Gasteiger partial charge in [0.15, 0.2) is 5.76 Å². The normalized spacial score (nSPS) is 15.7. The van der Waals surface area contributed by atoms with Crippen LogP contribution in [-0.2, 0) is 0 Å². The Bertz CT molecular complexity index is 719. The number of hydrogen-bond acceptors (Lipinski definition) is 3. The Morgan fingerprint density at radius 1 is 1.24 bits per heavy atom. The number of fused-ring (bicyclic) bond motifs is 1. The van der Waals surface area contributed by atoms with Crippen molar-refractivity contribution in [3.8, 4) is 5.75 Å². The molecule has 1 aromatic heterocycles. The van der Waals surface area contributed by atoms with Gasteiger partial charge in [0.05, 0.1) is 6.26 Å². The second-order valence-electron chi connectivity index (χ2n) is 5.51. The Morgan fingerprint density at radius 2 is 2.10 bits per heavy atom. The molecule has 0 saturated carbocycles. The average molecular weight is 280 g/mol. The summed E-state index contributed by atoms with van der Waals surface area (Å²) in [6.07, 6.45) is 8.85. The van der Waals surface area contributed by atoms with Crippen molar-refractivity contribution in [1.82, 2.24) is 0 Å². The zero-order chi connectivity index (χ0) is 14.9. The largest absolute Gasteiger partial charge is 0.483 e. The van der Waals surface area contributed by atoms with E-state index in [1.54, 1.807) is 18.2 Å². The first kappa shape index (κ1) is 13.4. The molecule has 0 spiro atoms. The van der Waals surface area contributed by atoms with Crippen molar-refractivity contribution in [2.24, 2.45) is 0 Å². The number of carbonyl (C=O) groups excluding carboxylic acids is 1. The first-order valence-corrected chi connectivity index (χ1v) is 6.82. The van der Waals surface area contributed by atoms with Gasteiger partial charge in [-0.1, -0.05) is 18.2 Å². The van der Waals surface area contributed by atoms with Crippen LogP contribution in [0.1, 0.15) is 35.5 Å². The van der Waals surface area contributed by atoms with E-state index in [0.717, 1.165) is 16.9 Å². The van der Waals surface area contributed by atoms with Crippen molar-refractivity contribution >= 4 is 17.9 Å². The lowest BCUT2D eigenvalue weighted by molar-refractivity contribution is 0.102. The molecular formula is C18H16O3. The molecule has 3 heteroatoms. The highest BCUT2D eigenvalue weighted by Gasteiger charge is 2.21. The third-order valence-corrected chi connectivity index (χ3v) is 3.26. The maximum Gasteiger partial charge on any atom is 0.221 e. The van der Waals surface area contributed by atoms with E-state index >= 15 is 0 Å². The summed E-state index contributed by atoms with van der Waals surface area (Å²) in [7, 11) is 0. The summed E-state index contributed by atoms with van der Waals surface area (Å²) in [4.78, 5) is 11.8. The van der Waals surface area contributed by atoms with Crippen LogP contribution in [0.25, 0.3) is 12.2 Å². The lowest BCUT2D eigenvalue weighted by atomic mass is 10.0. The van der Waals surface area contributed by atoms with E-state index in [1.165, 1.54) is 12.3 Å². The van der Waals surface area contributed by atoms with Crippen LogP contribution < -0.4 is 4.74 Å². The quantitative estimate of drug-likeness (QED) is 0.619.